The van der Waals surface area contributed by atoms with Gasteiger partial charge in [0.05, 0.1) is 11.4 Å². The van der Waals surface area contributed by atoms with Gasteiger partial charge >= 0.3 is 0 Å². The highest BCUT2D eigenvalue weighted by Gasteiger charge is 2.06. The Labute approximate surface area is 173 Å². The summed E-state index contributed by atoms with van der Waals surface area (Å²) in [5, 5.41) is 11.2. The third-order valence-corrected chi connectivity index (χ3v) is 3.98. The first-order chi connectivity index (χ1) is 12.2. The van der Waals surface area contributed by atoms with Crippen molar-refractivity contribution in [1.82, 2.24) is 20.4 Å². The number of aliphatic imine (C=N–C) groups is 1. The zero-order valence-corrected chi connectivity index (χ0v) is 18.2. The van der Waals surface area contributed by atoms with E-state index in [-0.39, 0.29) is 24.0 Å². The van der Waals surface area contributed by atoms with Crippen LogP contribution in [0, 0.1) is 6.92 Å². The number of para-hydroxylation sites is 1. The lowest BCUT2D eigenvalue weighted by molar-refractivity contribution is 0.195. The molecular formula is C19H30IN5O. The minimum absolute atomic E-state index is 0. The van der Waals surface area contributed by atoms with Crippen molar-refractivity contribution in [2.45, 2.75) is 26.2 Å². The predicted octanol–water partition coefficient (Wildman–Crippen LogP) is 2.93. The van der Waals surface area contributed by atoms with Gasteiger partial charge in [0.25, 0.3) is 0 Å². The highest BCUT2D eigenvalue weighted by Crippen LogP contribution is 2.13. The molecule has 7 heteroatoms. The summed E-state index contributed by atoms with van der Waals surface area (Å²) in [6.07, 6.45) is 5.12. The first kappa shape index (κ1) is 22.4. The number of aryl methyl sites for hydroxylation is 2. The van der Waals surface area contributed by atoms with Crippen LogP contribution in [0.3, 0.4) is 0 Å². The SMILES string of the molecule is CN=C(NCCCOC)NCCCc1cn(-c2ccccc2)nc1C.I. The maximum absolute atomic E-state index is 5.04. The lowest BCUT2D eigenvalue weighted by atomic mass is 10.1. The molecule has 2 rings (SSSR count). The number of halogens is 1. The van der Waals surface area contributed by atoms with Crippen molar-refractivity contribution < 1.29 is 4.74 Å². The maximum Gasteiger partial charge on any atom is 0.190 e. The smallest absolute Gasteiger partial charge is 0.190 e. The van der Waals surface area contributed by atoms with E-state index < -0.39 is 0 Å². The molecule has 1 aromatic carbocycles. The number of methoxy groups -OCH3 is 1. The molecule has 6 nitrogen and oxygen atoms in total. The topological polar surface area (TPSA) is 63.5 Å². The Bertz CT molecular complexity index is 657. The molecule has 2 N–H and O–H groups in total. The van der Waals surface area contributed by atoms with E-state index in [1.165, 1.54) is 5.56 Å². The molecule has 0 radical (unpaired) electrons. The van der Waals surface area contributed by atoms with Crippen molar-refractivity contribution in [2.24, 2.45) is 4.99 Å². The number of ether oxygens (including phenoxy) is 1. The van der Waals surface area contributed by atoms with Gasteiger partial charge in [0.2, 0.25) is 0 Å². The quantitative estimate of drug-likeness (QED) is 0.256. The van der Waals surface area contributed by atoms with E-state index in [2.05, 4.69) is 46.0 Å². The zero-order valence-electron chi connectivity index (χ0n) is 15.9. The molecule has 0 aliphatic heterocycles. The van der Waals surface area contributed by atoms with Gasteiger partial charge in [0.1, 0.15) is 0 Å². The molecule has 0 fully saturated rings. The van der Waals surface area contributed by atoms with E-state index in [9.17, 15) is 0 Å². The molecule has 0 saturated heterocycles. The molecule has 26 heavy (non-hydrogen) atoms. The Morgan fingerprint density at radius 2 is 1.85 bits per heavy atom. The van der Waals surface area contributed by atoms with Crippen LogP contribution in [0.15, 0.2) is 41.5 Å². The summed E-state index contributed by atoms with van der Waals surface area (Å²) in [5.74, 6) is 0.841. The fourth-order valence-electron chi connectivity index (χ4n) is 2.58. The summed E-state index contributed by atoms with van der Waals surface area (Å²) < 4.78 is 6.99. The Morgan fingerprint density at radius 1 is 1.15 bits per heavy atom. The minimum atomic E-state index is 0. The van der Waals surface area contributed by atoms with Gasteiger partial charge in [0.15, 0.2) is 5.96 Å². The normalized spacial score (nSPS) is 11.1. The molecule has 0 spiro atoms. The highest BCUT2D eigenvalue weighted by atomic mass is 127. The standard InChI is InChI=1S/C19H29N5O.HI/c1-16-17(15-24(23-16)18-10-5-4-6-11-18)9-7-12-21-19(20-2)22-13-8-14-25-3;/h4-6,10-11,15H,7-9,12-14H2,1-3H3,(H2,20,21,22);1H. The first-order valence-electron chi connectivity index (χ1n) is 8.78. The number of aromatic nitrogens is 2. The van der Waals surface area contributed by atoms with Crippen LogP contribution >= 0.6 is 24.0 Å². The summed E-state index contributed by atoms with van der Waals surface area (Å²) in [6.45, 7) is 4.56. The van der Waals surface area contributed by atoms with Gasteiger partial charge in [-0.15, -0.1) is 24.0 Å². The number of nitrogens with zero attached hydrogens (tertiary/aromatic N) is 3. The Hall–Kier alpha value is -1.61. The van der Waals surface area contributed by atoms with Gasteiger partial charge < -0.3 is 15.4 Å². The van der Waals surface area contributed by atoms with Gasteiger partial charge in [-0.25, -0.2) is 4.68 Å². The average Bonchev–Trinajstić information content (AvgIpc) is 3.02. The van der Waals surface area contributed by atoms with Gasteiger partial charge in [-0.3, -0.25) is 4.99 Å². The van der Waals surface area contributed by atoms with Crippen LogP contribution in [0.25, 0.3) is 5.69 Å². The largest absolute Gasteiger partial charge is 0.385 e. The summed E-state index contributed by atoms with van der Waals surface area (Å²) in [7, 11) is 3.51. The van der Waals surface area contributed by atoms with Gasteiger partial charge in [-0.1, -0.05) is 18.2 Å². The van der Waals surface area contributed by atoms with E-state index in [0.717, 1.165) is 56.3 Å². The maximum atomic E-state index is 5.04. The third kappa shape index (κ3) is 7.33. The Balaban J connectivity index is 0.00000338. The summed E-state index contributed by atoms with van der Waals surface area (Å²) in [5.41, 5.74) is 3.47. The molecule has 1 aromatic heterocycles. The molecule has 1 heterocycles. The molecule has 0 saturated carbocycles. The number of nitrogens with one attached hydrogen (secondary N) is 2. The van der Waals surface area contributed by atoms with Crippen LogP contribution < -0.4 is 10.6 Å². The molecule has 0 amide bonds. The summed E-state index contributed by atoms with van der Waals surface area (Å²) >= 11 is 0. The number of guanidine groups is 1. The molecular weight excluding hydrogens is 441 g/mol. The highest BCUT2D eigenvalue weighted by molar-refractivity contribution is 14.0. The average molecular weight is 471 g/mol. The van der Waals surface area contributed by atoms with Crippen LogP contribution in [0.5, 0.6) is 0 Å². The van der Waals surface area contributed by atoms with Gasteiger partial charge in [-0.2, -0.15) is 5.10 Å². The molecule has 0 aliphatic rings. The van der Waals surface area contributed by atoms with E-state index in [0.29, 0.717) is 0 Å². The van der Waals surface area contributed by atoms with Crippen molar-refractivity contribution in [1.29, 1.82) is 0 Å². The van der Waals surface area contributed by atoms with Crippen molar-refractivity contribution >= 4 is 29.9 Å². The number of hydrogen-bond acceptors (Lipinski definition) is 3. The minimum Gasteiger partial charge on any atom is -0.385 e. The molecule has 0 bridgehead atoms. The van der Waals surface area contributed by atoms with Crippen LogP contribution in [-0.2, 0) is 11.2 Å². The fraction of sp³-hybridized carbons (Fsp3) is 0.474. The van der Waals surface area contributed by atoms with E-state index >= 15 is 0 Å². The zero-order chi connectivity index (χ0) is 17.9. The van der Waals surface area contributed by atoms with Crippen molar-refractivity contribution in [3.63, 3.8) is 0 Å². The number of rotatable bonds is 9. The van der Waals surface area contributed by atoms with Crippen molar-refractivity contribution in [3.05, 3.63) is 47.8 Å². The molecule has 2 aromatic rings. The Morgan fingerprint density at radius 3 is 2.50 bits per heavy atom. The van der Waals surface area contributed by atoms with Crippen LogP contribution in [-0.4, -0.2) is 49.6 Å². The van der Waals surface area contributed by atoms with Gasteiger partial charge in [-0.05, 0) is 43.9 Å². The summed E-state index contributed by atoms with van der Waals surface area (Å²) in [4.78, 5) is 4.23. The molecule has 144 valence electrons. The Kier molecular flexibility index (Phi) is 11.0. The van der Waals surface area contributed by atoms with E-state index in [4.69, 9.17) is 4.74 Å². The molecule has 0 atom stereocenters. The van der Waals surface area contributed by atoms with Crippen LogP contribution in [0.2, 0.25) is 0 Å². The fourth-order valence-corrected chi connectivity index (χ4v) is 2.58. The number of hydrogen-bond donors (Lipinski definition) is 2. The van der Waals surface area contributed by atoms with Gasteiger partial charge in [0, 0.05) is 40.1 Å². The van der Waals surface area contributed by atoms with Crippen molar-refractivity contribution in [2.75, 3.05) is 33.9 Å². The number of benzene rings is 1. The summed E-state index contributed by atoms with van der Waals surface area (Å²) in [6, 6.07) is 10.2. The van der Waals surface area contributed by atoms with Crippen molar-refractivity contribution in [3.8, 4) is 5.69 Å². The van der Waals surface area contributed by atoms with E-state index in [1.807, 2.05) is 22.9 Å². The second-order valence-corrected chi connectivity index (χ2v) is 5.90. The lowest BCUT2D eigenvalue weighted by Gasteiger charge is -2.11. The monoisotopic (exact) mass is 471 g/mol. The predicted molar refractivity (Wildman–Crippen MR) is 118 cm³/mol. The first-order valence-corrected chi connectivity index (χ1v) is 8.78. The van der Waals surface area contributed by atoms with Crippen LogP contribution in [0.1, 0.15) is 24.1 Å². The second kappa shape index (κ2) is 12.7. The lowest BCUT2D eigenvalue weighted by Crippen LogP contribution is -2.38. The molecule has 0 unspecified atom stereocenters. The second-order valence-electron chi connectivity index (χ2n) is 5.90. The molecule has 0 aliphatic carbocycles. The van der Waals surface area contributed by atoms with Crippen LogP contribution in [0.4, 0.5) is 0 Å². The third-order valence-electron chi connectivity index (χ3n) is 3.98. The van der Waals surface area contributed by atoms with E-state index in [1.54, 1.807) is 14.2 Å².